The van der Waals surface area contributed by atoms with Crippen molar-refractivity contribution < 1.29 is 9.84 Å². The summed E-state index contributed by atoms with van der Waals surface area (Å²) in [6, 6.07) is 8.59. The van der Waals surface area contributed by atoms with E-state index >= 15 is 0 Å². The summed E-state index contributed by atoms with van der Waals surface area (Å²) < 4.78 is 5.36. The van der Waals surface area contributed by atoms with Crippen molar-refractivity contribution in [2.45, 2.75) is 13.0 Å². The Morgan fingerprint density at radius 1 is 0.957 bits per heavy atom. The number of hydrogen-bond donors (Lipinski definition) is 1. The molecule has 0 spiro atoms. The Morgan fingerprint density at radius 3 is 2.22 bits per heavy atom. The molecule has 1 N–H and O–H groups in total. The molecule has 5 heteroatoms. The van der Waals surface area contributed by atoms with Crippen LogP contribution in [0.5, 0.6) is 0 Å². The first-order valence-corrected chi connectivity index (χ1v) is 8.73. The normalized spacial score (nSPS) is 22.3. The predicted molar refractivity (Wildman–Crippen MR) is 93.1 cm³/mol. The zero-order chi connectivity index (χ0) is 16.1. The van der Waals surface area contributed by atoms with Gasteiger partial charge in [0.25, 0.3) is 0 Å². The molecule has 2 aliphatic rings. The van der Waals surface area contributed by atoms with E-state index in [1.807, 2.05) is 0 Å². The number of morpholine rings is 1. The molecule has 2 saturated heterocycles. The molecule has 0 aliphatic carbocycles. The van der Waals surface area contributed by atoms with Crippen LogP contribution in [0.1, 0.15) is 5.56 Å². The molecular weight excluding hydrogens is 290 g/mol. The van der Waals surface area contributed by atoms with Gasteiger partial charge < -0.3 is 14.7 Å². The van der Waals surface area contributed by atoms with E-state index in [0.29, 0.717) is 0 Å². The molecule has 23 heavy (non-hydrogen) atoms. The number of piperazine rings is 1. The van der Waals surface area contributed by atoms with E-state index in [0.717, 1.165) is 65.6 Å². The molecule has 5 nitrogen and oxygen atoms in total. The van der Waals surface area contributed by atoms with E-state index in [1.54, 1.807) is 0 Å². The molecule has 1 atom stereocenters. The minimum atomic E-state index is -0.266. The summed E-state index contributed by atoms with van der Waals surface area (Å²) in [5.74, 6) is 0. The van der Waals surface area contributed by atoms with Crippen LogP contribution in [0.15, 0.2) is 24.3 Å². The molecule has 128 valence electrons. The number of β-amino-alcohol motifs (C(OH)–C–C–N with tert-alkyl or cyclic N) is 1. The van der Waals surface area contributed by atoms with E-state index in [9.17, 15) is 5.11 Å². The molecule has 0 saturated carbocycles. The lowest BCUT2D eigenvalue weighted by molar-refractivity contribution is 0.00656. The molecular formula is C18H29N3O2. The number of rotatable bonds is 5. The summed E-state index contributed by atoms with van der Waals surface area (Å²) in [5.41, 5.74) is 2.69. The maximum atomic E-state index is 10.3. The number of benzene rings is 1. The Morgan fingerprint density at radius 2 is 1.57 bits per heavy atom. The number of anilines is 1. The summed E-state index contributed by atoms with van der Waals surface area (Å²) in [6.45, 7) is 11.3. The maximum Gasteiger partial charge on any atom is 0.0793 e. The fraction of sp³-hybridized carbons (Fsp3) is 0.667. The number of aliphatic hydroxyl groups excluding tert-OH is 1. The molecule has 0 amide bonds. The Bertz CT molecular complexity index is 483. The Kier molecular flexibility index (Phi) is 5.89. The third-order valence-corrected chi connectivity index (χ3v) is 4.87. The van der Waals surface area contributed by atoms with Gasteiger partial charge in [-0.1, -0.05) is 18.2 Å². The molecule has 2 aliphatic heterocycles. The van der Waals surface area contributed by atoms with Gasteiger partial charge in [0.05, 0.1) is 19.3 Å². The van der Waals surface area contributed by atoms with Crippen LogP contribution >= 0.6 is 0 Å². The molecule has 1 aromatic carbocycles. The molecule has 3 rings (SSSR count). The number of para-hydroxylation sites is 1. The van der Waals surface area contributed by atoms with E-state index < -0.39 is 0 Å². The molecule has 2 heterocycles. The van der Waals surface area contributed by atoms with Gasteiger partial charge in [-0.05, 0) is 18.6 Å². The van der Waals surface area contributed by atoms with E-state index in [2.05, 4.69) is 45.9 Å². The highest BCUT2D eigenvalue weighted by Gasteiger charge is 2.22. The highest BCUT2D eigenvalue weighted by Crippen LogP contribution is 2.20. The van der Waals surface area contributed by atoms with Crippen molar-refractivity contribution in [3.8, 4) is 0 Å². The van der Waals surface area contributed by atoms with Gasteiger partial charge in [-0.25, -0.2) is 0 Å². The second-order valence-corrected chi connectivity index (χ2v) is 6.64. The quantitative estimate of drug-likeness (QED) is 0.870. The van der Waals surface area contributed by atoms with Gasteiger partial charge in [0.15, 0.2) is 0 Å². The zero-order valence-electron chi connectivity index (χ0n) is 14.2. The monoisotopic (exact) mass is 319 g/mol. The number of nitrogens with zero attached hydrogens (tertiary/aromatic N) is 3. The van der Waals surface area contributed by atoms with Crippen molar-refractivity contribution in [3.05, 3.63) is 29.8 Å². The fourth-order valence-electron chi connectivity index (χ4n) is 3.53. The molecule has 1 unspecified atom stereocenters. The van der Waals surface area contributed by atoms with Gasteiger partial charge >= 0.3 is 0 Å². The van der Waals surface area contributed by atoms with Crippen LogP contribution in [0.25, 0.3) is 0 Å². The van der Waals surface area contributed by atoms with Gasteiger partial charge in [0.1, 0.15) is 0 Å². The number of aliphatic hydroxyl groups is 1. The zero-order valence-corrected chi connectivity index (χ0v) is 14.2. The lowest BCUT2D eigenvalue weighted by Gasteiger charge is -2.38. The van der Waals surface area contributed by atoms with Crippen molar-refractivity contribution in [2.24, 2.45) is 0 Å². The average molecular weight is 319 g/mol. The fourth-order valence-corrected chi connectivity index (χ4v) is 3.53. The second kappa shape index (κ2) is 8.11. The van der Waals surface area contributed by atoms with Gasteiger partial charge in [0.2, 0.25) is 0 Å². The standard InChI is InChI=1S/C18H29N3O2/c1-16-4-2-3-5-18(16)21-8-6-19(7-9-21)14-17(22)15-20-10-12-23-13-11-20/h2-5,17,22H,6-15H2,1H3. The van der Waals surface area contributed by atoms with Crippen molar-refractivity contribution in [2.75, 3.05) is 70.5 Å². The van der Waals surface area contributed by atoms with Crippen LogP contribution in [0.2, 0.25) is 0 Å². The Hall–Kier alpha value is -1.14. The van der Waals surface area contributed by atoms with Crippen molar-refractivity contribution >= 4 is 5.69 Å². The average Bonchev–Trinajstić information content (AvgIpc) is 2.57. The molecule has 0 radical (unpaired) electrons. The Labute approximate surface area is 139 Å². The maximum absolute atomic E-state index is 10.3. The van der Waals surface area contributed by atoms with E-state index in [-0.39, 0.29) is 6.10 Å². The van der Waals surface area contributed by atoms with Gasteiger partial charge in [0, 0.05) is 58.0 Å². The summed E-state index contributed by atoms with van der Waals surface area (Å²) in [4.78, 5) is 7.15. The minimum Gasteiger partial charge on any atom is -0.390 e. The lowest BCUT2D eigenvalue weighted by Crippen LogP contribution is -2.51. The van der Waals surface area contributed by atoms with Crippen molar-refractivity contribution in [1.29, 1.82) is 0 Å². The minimum absolute atomic E-state index is 0.266. The molecule has 0 bridgehead atoms. The van der Waals surface area contributed by atoms with Crippen LogP contribution < -0.4 is 4.90 Å². The van der Waals surface area contributed by atoms with Crippen LogP contribution in [-0.4, -0.2) is 86.6 Å². The van der Waals surface area contributed by atoms with Crippen LogP contribution in [-0.2, 0) is 4.74 Å². The highest BCUT2D eigenvalue weighted by molar-refractivity contribution is 5.53. The molecule has 1 aromatic rings. The summed E-state index contributed by atoms with van der Waals surface area (Å²) in [6.07, 6.45) is -0.266. The number of hydrogen-bond acceptors (Lipinski definition) is 5. The number of aryl methyl sites for hydroxylation is 1. The van der Waals surface area contributed by atoms with Crippen LogP contribution in [0, 0.1) is 6.92 Å². The van der Waals surface area contributed by atoms with Gasteiger partial charge in [-0.3, -0.25) is 9.80 Å². The largest absolute Gasteiger partial charge is 0.390 e. The first-order chi connectivity index (χ1) is 11.2. The molecule has 0 aromatic heterocycles. The van der Waals surface area contributed by atoms with Crippen molar-refractivity contribution in [1.82, 2.24) is 9.80 Å². The van der Waals surface area contributed by atoms with E-state index in [1.165, 1.54) is 11.3 Å². The predicted octanol–water partition coefficient (Wildman–Crippen LogP) is 0.810. The first-order valence-electron chi connectivity index (χ1n) is 8.73. The summed E-state index contributed by atoms with van der Waals surface area (Å²) in [5, 5.41) is 10.3. The van der Waals surface area contributed by atoms with E-state index in [4.69, 9.17) is 4.74 Å². The molecule has 2 fully saturated rings. The van der Waals surface area contributed by atoms with Crippen LogP contribution in [0.3, 0.4) is 0 Å². The van der Waals surface area contributed by atoms with Crippen molar-refractivity contribution in [3.63, 3.8) is 0 Å². The van der Waals surface area contributed by atoms with Gasteiger partial charge in [-0.15, -0.1) is 0 Å². The topological polar surface area (TPSA) is 39.2 Å². The third kappa shape index (κ3) is 4.67. The lowest BCUT2D eigenvalue weighted by atomic mass is 10.1. The smallest absolute Gasteiger partial charge is 0.0793 e. The SMILES string of the molecule is Cc1ccccc1N1CCN(CC(O)CN2CCOCC2)CC1. The second-order valence-electron chi connectivity index (χ2n) is 6.64. The highest BCUT2D eigenvalue weighted by atomic mass is 16.5. The van der Waals surface area contributed by atoms with Gasteiger partial charge in [-0.2, -0.15) is 0 Å². The van der Waals surface area contributed by atoms with Crippen LogP contribution in [0.4, 0.5) is 5.69 Å². The Balaban J connectivity index is 1.43. The first kappa shape index (κ1) is 16.7. The number of ether oxygens (including phenoxy) is 1. The summed E-state index contributed by atoms with van der Waals surface area (Å²) in [7, 11) is 0. The summed E-state index contributed by atoms with van der Waals surface area (Å²) >= 11 is 0. The third-order valence-electron chi connectivity index (χ3n) is 4.87.